The highest BCUT2D eigenvalue weighted by Gasteiger charge is 2.23. The highest BCUT2D eigenvalue weighted by molar-refractivity contribution is 6.10. The van der Waals surface area contributed by atoms with Gasteiger partial charge in [0.1, 0.15) is 6.33 Å². The molecule has 0 radical (unpaired) electrons. The van der Waals surface area contributed by atoms with Gasteiger partial charge in [-0.05, 0) is 30.7 Å². The molecule has 2 aromatic carbocycles. The molecule has 1 amide bonds. The van der Waals surface area contributed by atoms with Crippen molar-refractivity contribution in [2.45, 2.75) is 6.42 Å². The molecule has 3 aromatic rings. The molecule has 1 aliphatic heterocycles. The molecule has 0 N–H and O–H groups in total. The average Bonchev–Trinajstić information content (AvgIpc) is 2.89. The predicted octanol–water partition coefficient (Wildman–Crippen LogP) is 3.87. The second-order valence-corrected chi connectivity index (χ2v) is 7.85. The first-order valence-electron chi connectivity index (χ1n) is 11.2. The van der Waals surface area contributed by atoms with Crippen molar-refractivity contribution >= 4 is 28.3 Å². The van der Waals surface area contributed by atoms with Gasteiger partial charge in [-0.15, -0.1) is 0 Å². The van der Waals surface area contributed by atoms with Crippen LogP contribution in [-0.2, 0) is 9.53 Å². The third-order valence-corrected chi connectivity index (χ3v) is 5.65. The quantitative estimate of drug-likeness (QED) is 0.337. The summed E-state index contributed by atoms with van der Waals surface area (Å²) in [6, 6.07) is 6.53. The lowest BCUT2D eigenvalue weighted by molar-refractivity contribution is -0.113. The summed E-state index contributed by atoms with van der Waals surface area (Å²) in [5, 5.41) is 0.469. The number of fused-ring (bicyclic) bond motifs is 1. The van der Waals surface area contributed by atoms with Crippen LogP contribution in [0.4, 0.5) is 20.3 Å². The van der Waals surface area contributed by atoms with Crippen molar-refractivity contribution in [1.29, 1.82) is 0 Å². The van der Waals surface area contributed by atoms with Crippen LogP contribution in [0.5, 0.6) is 11.5 Å². The van der Waals surface area contributed by atoms with Gasteiger partial charge in [-0.1, -0.05) is 6.58 Å². The number of rotatable bonds is 9. The maximum Gasteiger partial charge on any atom is 0.256 e. The van der Waals surface area contributed by atoms with E-state index in [0.29, 0.717) is 29.0 Å². The summed E-state index contributed by atoms with van der Waals surface area (Å²) in [6.07, 6.45) is 3.15. The van der Waals surface area contributed by atoms with Gasteiger partial charge in [0, 0.05) is 37.2 Å². The van der Waals surface area contributed by atoms with E-state index < -0.39 is 17.5 Å². The highest BCUT2D eigenvalue weighted by atomic mass is 19.2. The van der Waals surface area contributed by atoms with Gasteiger partial charge in [-0.3, -0.25) is 14.6 Å². The van der Waals surface area contributed by atoms with Crippen LogP contribution in [-0.4, -0.2) is 67.3 Å². The average molecular weight is 485 g/mol. The fourth-order valence-corrected chi connectivity index (χ4v) is 3.87. The van der Waals surface area contributed by atoms with E-state index in [2.05, 4.69) is 21.4 Å². The van der Waals surface area contributed by atoms with Crippen LogP contribution < -0.4 is 14.4 Å². The summed E-state index contributed by atoms with van der Waals surface area (Å²) < 4.78 is 44.4. The fraction of sp³-hybridized carbons (Fsp3) is 0.320. The minimum atomic E-state index is -1.09. The Bertz CT molecular complexity index is 1220. The lowest BCUT2D eigenvalue weighted by Crippen LogP contribution is -2.37. The molecule has 35 heavy (non-hydrogen) atoms. The first-order valence-corrected chi connectivity index (χ1v) is 11.2. The third-order valence-electron chi connectivity index (χ3n) is 5.65. The van der Waals surface area contributed by atoms with E-state index in [4.69, 9.17) is 14.2 Å². The van der Waals surface area contributed by atoms with Crippen LogP contribution in [0.3, 0.4) is 0 Å². The summed E-state index contributed by atoms with van der Waals surface area (Å²) in [5.41, 5.74) is 0.578. The van der Waals surface area contributed by atoms with E-state index in [9.17, 15) is 13.6 Å². The van der Waals surface area contributed by atoms with Crippen molar-refractivity contribution in [3.05, 3.63) is 60.9 Å². The molecule has 1 aliphatic rings. The zero-order valence-corrected chi connectivity index (χ0v) is 19.4. The molecule has 0 spiro atoms. The molecule has 0 atom stereocenters. The van der Waals surface area contributed by atoms with Gasteiger partial charge in [0.2, 0.25) is 0 Å². The lowest BCUT2D eigenvalue weighted by atomic mass is 10.1. The number of aromatic nitrogens is 2. The molecular formula is C25H26F2N4O4. The topological polar surface area (TPSA) is 77.0 Å². The molecular weight excluding hydrogens is 458 g/mol. The number of anilines is 2. The molecule has 1 aromatic heterocycles. The van der Waals surface area contributed by atoms with Crippen LogP contribution in [0.1, 0.15) is 6.42 Å². The number of hydrogen-bond donors (Lipinski definition) is 0. The molecule has 0 unspecified atom stereocenters. The molecule has 0 aliphatic carbocycles. The Morgan fingerprint density at radius 3 is 2.69 bits per heavy atom. The van der Waals surface area contributed by atoms with Gasteiger partial charge < -0.3 is 14.2 Å². The number of benzene rings is 2. The zero-order chi connectivity index (χ0) is 24.8. The summed E-state index contributed by atoms with van der Waals surface area (Å²) >= 11 is 0. The summed E-state index contributed by atoms with van der Waals surface area (Å²) in [4.78, 5) is 24.8. The molecule has 0 saturated carbocycles. The Morgan fingerprint density at radius 2 is 1.97 bits per heavy atom. The zero-order valence-electron chi connectivity index (χ0n) is 19.4. The molecule has 184 valence electrons. The second-order valence-electron chi connectivity index (χ2n) is 7.85. The van der Waals surface area contributed by atoms with Crippen molar-refractivity contribution in [3.8, 4) is 11.5 Å². The Balaban J connectivity index is 1.66. The van der Waals surface area contributed by atoms with Crippen molar-refractivity contribution in [2.24, 2.45) is 0 Å². The van der Waals surface area contributed by atoms with Crippen molar-refractivity contribution < 1.29 is 27.8 Å². The van der Waals surface area contributed by atoms with E-state index in [0.717, 1.165) is 62.4 Å². The van der Waals surface area contributed by atoms with E-state index in [1.165, 1.54) is 19.5 Å². The number of methoxy groups -OCH3 is 1. The van der Waals surface area contributed by atoms with E-state index in [1.807, 2.05) is 0 Å². The maximum absolute atomic E-state index is 14.0. The monoisotopic (exact) mass is 484 g/mol. The molecule has 10 heteroatoms. The number of nitrogens with zero attached hydrogens (tertiary/aromatic N) is 4. The van der Waals surface area contributed by atoms with Crippen molar-refractivity contribution in [1.82, 2.24) is 14.9 Å². The summed E-state index contributed by atoms with van der Waals surface area (Å²) in [6.45, 7) is 8.12. The minimum Gasteiger partial charge on any atom is -0.493 e. The number of carbonyl (C=O) groups excluding carboxylic acids is 1. The Morgan fingerprint density at radius 1 is 1.17 bits per heavy atom. The van der Waals surface area contributed by atoms with E-state index in [-0.39, 0.29) is 11.5 Å². The second kappa shape index (κ2) is 11.2. The number of halogens is 2. The Labute approximate surface area is 201 Å². The highest BCUT2D eigenvalue weighted by Crippen LogP contribution is 2.37. The third kappa shape index (κ3) is 5.55. The molecule has 4 rings (SSSR count). The number of ether oxygens (including phenoxy) is 3. The van der Waals surface area contributed by atoms with Crippen LogP contribution in [0.15, 0.2) is 49.3 Å². The van der Waals surface area contributed by atoms with Crippen LogP contribution in [0.2, 0.25) is 0 Å². The van der Waals surface area contributed by atoms with E-state index >= 15 is 0 Å². The molecule has 0 bridgehead atoms. The fourth-order valence-electron chi connectivity index (χ4n) is 3.87. The van der Waals surface area contributed by atoms with Gasteiger partial charge >= 0.3 is 0 Å². The smallest absolute Gasteiger partial charge is 0.256 e. The Hall–Kier alpha value is -3.63. The lowest BCUT2D eigenvalue weighted by Gasteiger charge is -2.26. The van der Waals surface area contributed by atoms with Gasteiger partial charge in [-0.25, -0.2) is 18.7 Å². The van der Waals surface area contributed by atoms with Gasteiger partial charge in [-0.2, -0.15) is 0 Å². The minimum absolute atomic E-state index is 0.0950. The maximum atomic E-state index is 14.0. The first kappa shape index (κ1) is 24.5. The number of amides is 1. The molecule has 2 heterocycles. The van der Waals surface area contributed by atoms with E-state index in [1.54, 1.807) is 12.1 Å². The summed E-state index contributed by atoms with van der Waals surface area (Å²) in [5.74, 6) is -1.58. The van der Waals surface area contributed by atoms with Crippen LogP contribution in [0.25, 0.3) is 10.9 Å². The standard InChI is InChI=1S/C25H26F2N4O4/c1-3-24(32)31(17-5-6-19(26)20(27)13-17)25-18-14-23(22(33-2)15-21(18)28-16-29-25)35-10-4-7-30-8-11-34-12-9-30/h3,5-6,13-16H,1,4,7-12H2,2H3. The number of morpholine rings is 1. The number of carbonyl (C=O) groups is 1. The largest absolute Gasteiger partial charge is 0.493 e. The van der Waals surface area contributed by atoms with Gasteiger partial charge in [0.15, 0.2) is 29.0 Å². The van der Waals surface area contributed by atoms with Gasteiger partial charge in [0.25, 0.3) is 5.91 Å². The van der Waals surface area contributed by atoms with Crippen LogP contribution >= 0.6 is 0 Å². The number of hydrogen-bond acceptors (Lipinski definition) is 7. The first-order chi connectivity index (χ1) is 17.0. The molecule has 1 saturated heterocycles. The molecule has 8 nitrogen and oxygen atoms in total. The van der Waals surface area contributed by atoms with Crippen LogP contribution in [0, 0.1) is 11.6 Å². The SMILES string of the molecule is C=CC(=O)N(c1ccc(F)c(F)c1)c1ncnc2cc(OC)c(OCCCN3CCOCC3)cc12. The Kier molecular flexibility index (Phi) is 7.84. The predicted molar refractivity (Wildman–Crippen MR) is 127 cm³/mol. The molecule has 1 fully saturated rings. The van der Waals surface area contributed by atoms with Gasteiger partial charge in [0.05, 0.1) is 38.1 Å². The summed E-state index contributed by atoms with van der Waals surface area (Å²) in [7, 11) is 1.53. The normalized spacial score (nSPS) is 14.0. The van der Waals surface area contributed by atoms with Crippen molar-refractivity contribution in [2.75, 3.05) is 51.5 Å². The van der Waals surface area contributed by atoms with Crippen molar-refractivity contribution in [3.63, 3.8) is 0 Å².